The van der Waals surface area contributed by atoms with E-state index in [1.165, 1.54) is 0 Å². The Labute approximate surface area is 71.3 Å². The first kappa shape index (κ1) is 8.40. The van der Waals surface area contributed by atoms with Crippen molar-refractivity contribution in [3.63, 3.8) is 0 Å². The van der Waals surface area contributed by atoms with E-state index in [9.17, 15) is 0 Å². The summed E-state index contributed by atoms with van der Waals surface area (Å²) in [6.45, 7) is 5.79. The quantitative estimate of drug-likeness (QED) is 0.644. The monoisotopic (exact) mass is 168 g/mol. The molecular formula is C8H12N2S. The molecule has 0 radical (unpaired) electrons. The second-order valence-electron chi connectivity index (χ2n) is 2.16. The normalized spacial score (nSPS) is 10.0. The molecule has 0 aliphatic heterocycles. The summed E-state index contributed by atoms with van der Waals surface area (Å²) in [6.07, 6.45) is 6.78. The fraction of sp³-hybridized carbons (Fsp3) is 0.375. The molecule has 0 atom stereocenters. The van der Waals surface area contributed by atoms with Crippen molar-refractivity contribution in [2.45, 2.75) is 18.5 Å². The average molecular weight is 168 g/mol. The van der Waals surface area contributed by atoms with Gasteiger partial charge in [-0.15, -0.1) is 0 Å². The Hall–Kier alpha value is -0.700. The predicted molar refractivity (Wildman–Crippen MR) is 49.8 cm³/mol. The Bertz CT molecular complexity index is 253. The van der Waals surface area contributed by atoms with E-state index < -0.39 is 0 Å². The number of nitrogens with zero attached hydrogens (tertiary/aromatic N) is 2. The van der Waals surface area contributed by atoms with Gasteiger partial charge in [-0.05, 0) is 12.7 Å². The Balaban J connectivity index is 3.01. The molecule has 2 nitrogen and oxygen atoms in total. The van der Waals surface area contributed by atoms with Crippen LogP contribution in [-0.4, -0.2) is 15.8 Å². The van der Waals surface area contributed by atoms with Crippen LogP contribution >= 0.6 is 11.8 Å². The lowest BCUT2D eigenvalue weighted by Crippen LogP contribution is -1.83. The second kappa shape index (κ2) is 3.62. The molecule has 1 aromatic heterocycles. The molecule has 0 aliphatic carbocycles. The molecule has 0 fully saturated rings. The molecule has 0 saturated carbocycles. The van der Waals surface area contributed by atoms with E-state index in [-0.39, 0.29) is 0 Å². The van der Waals surface area contributed by atoms with Crippen molar-refractivity contribution in [3.8, 4) is 0 Å². The molecule has 0 unspecified atom stereocenters. The van der Waals surface area contributed by atoms with E-state index in [4.69, 9.17) is 0 Å². The van der Waals surface area contributed by atoms with Crippen LogP contribution < -0.4 is 0 Å². The van der Waals surface area contributed by atoms with Crippen molar-refractivity contribution in [2.75, 3.05) is 6.26 Å². The van der Waals surface area contributed by atoms with Crippen LogP contribution in [0.1, 0.15) is 12.6 Å². The van der Waals surface area contributed by atoms with Gasteiger partial charge in [-0.3, -0.25) is 0 Å². The molecule has 0 aliphatic rings. The lowest BCUT2D eigenvalue weighted by atomic mass is 10.4. The number of thioether (sulfide) groups is 1. The van der Waals surface area contributed by atoms with Gasteiger partial charge in [0.25, 0.3) is 0 Å². The van der Waals surface area contributed by atoms with Gasteiger partial charge >= 0.3 is 0 Å². The molecule has 3 heteroatoms. The van der Waals surface area contributed by atoms with Crippen LogP contribution in [0.3, 0.4) is 0 Å². The molecule has 11 heavy (non-hydrogen) atoms. The summed E-state index contributed by atoms with van der Waals surface area (Å²) in [5.41, 5.74) is 1.12. The minimum Gasteiger partial charge on any atom is -0.302 e. The highest BCUT2D eigenvalue weighted by Crippen LogP contribution is 2.14. The highest BCUT2D eigenvalue weighted by atomic mass is 32.2. The molecule has 1 rings (SSSR count). The zero-order chi connectivity index (χ0) is 8.27. The van der Waals surface area contributed by atoms with Gasteiger partial charge in [0.1, 0.15) is 0 Å². The summed E-state index contributed by atoms with van der Waals surface area (Å²) in [6, 6.07) is 0. The minimum absolute atomic E-state index is 0.981. The summed E-state index contributed by atoms with van der Waals surface area (Å²) < 4.78 is 1.95. The second-order valence-corrected chi connectivity index (χ2v) is 2.94. The van der Waals surface area contributed by atoms with Crippen molar-refractivity contribution in [1.29, 1.82) is 0 Å². The molecule has 0 aromatic carbocycles. The zero-order valence-electron chi connectivity index (χ0n) is 6.87. The first-order chi connectivity index (χ1) is 5.31. The van der Waals surface area contributed by atoms with Gasteiger partial charge in [0.2, 0.25) is 0 Å². The molecule has 0 spiro atoms. The first-order valence-electron chi connectivity index (χ1n) is 3.56. The Kier molecular flexibility index (Phi) is 2.76. The summed E-state index contributed by atoms with van der Waals surface area (Å²) in [7, 11) is 0. The van der Waals surface area contributed by atoms with E-state index in [0.29, 0.717) is 0 Å². The van der Waals surface area contributed by atoms with Gasteiger partial charge in [0.05, 0.1) is 5.69 Å². The zero-order valence-corrected chi connectivity index (χ0v) is 7.69. The van der Waals surface area contributed by atoms with Gasteiger partial charge in [0, 0.05) is 12.4 Å². The SMILES string of the molecule is C=Cn1cc(CC)nc1SC. The fourth-order valence-corrected chi connectivity index (χ4v) is 1.42. The maximum atomic E-state index is 4.37. The average Bonchev–Trinajstić information content (AvgIpc) is 2.46. The van der Waals surface area contributed by atoms with Crippen LogP contribution in [-0.2, 0) is 6.42 Å². The fourth-order valence-electron chi connectivity index (χ4n) is 0.877. The smallest absolute Gasteiger partial charge is 0.172 e. The van der Waals surface area contributed by atoms with Gasteiger partial charge in [0.15, 0.2) is 5.16 Å². The Morgan fingerprint density at radius 1 is 1.82 bits per heavy atom. The van der Waals surface area contributed by atoms with E-state index in [0.717, 1.165) is 17.3 Å². The van der Waals surface area contributed by atoms with E-state index in [1.54, 1.807) is 18.0 Å². The molecule has 0 N–H and O–H groups in total. The lowest BCUT2D eigenvalue weighted by molar-refractivity contribution is 0.935. The third kappa shape index (κ3) is 1.66. The number of rotatable bonds is 3. The van der Waals surface area contributed by atoms with Gasteiger partial charge in [-0.1, -0.05) is 25.3 Å². The minimum atomic E-state index is 0.981. The van der Waals surface area contributed by atoms with Gasteiger partial charge in [-0.25, -0.2) is 4.98 Å². The number of hydrogen-bond acceptors (Lipinski definition) is 2. The number of aryl methyl sites for hydroxylation is 1. The summed E-state index contributed by atoms with van der Waals surface area (Å²) >= 11 is 1.64. The summed E-state index contributed by atoms with van der Waals surface area (Å²) in [5.74, 6) is 0. The van der Waals surface area contributed by atoms with Crippen LogP contribution in [0.15, 0.2) is 17.9 Å². The third-order valence-corrected chi connectivity index (χ3v) is 2.16. The topological polar surface area (TPSA) is 17.8 Å². The largest absolute Gasteiger partial charge is 0.302 e. The maximum absolute atomic E-state index is 4.37. The van der Waals surface area contributed by atoms with Crippen molar-refractivity contribution in [1.82, 2.24) is 9.55 Å². The molecule has 0 saturated heterocycles. The summed E-state index contributed by atoms with van der Waals surface area (Å²) in [4.78, 5) is 4.37. The van der Waals surface area contributed by atoms with Crippen LogP contribution in [0, 0.1) is 0 Å². The standard InChI is InChI=1S/C8H12N2S/c1-4-7-6-10(5-2)8(9-7)11-3/h5-6H,2,4H2,1,3H3. The lowest BCUT2D eigenvalue weighted by Gasteiger charge is -1.93. The van der Waals surface area contributed by atoms with Crippen molar-refractivity contribution in [2.24, 2.45) is 0 Å². The Morgan fingerprint density at radius 2 is 2.55 bits per heavy atom. The van der Waals surface area contributed by atoms with Crippen molar-refractivity contribution in [3.05, 3.63) is 18.5 Å². The van der Waals surface area contributed by atoms with E-state index in [1.807, 2.05) is 17.0 Å². The summed E-state index contributed by atoms with van der Waals surface area (Å²) in [5, 5.41) is 1.01. The number of aromatic nitrogens is 2. The predicted octanol–water partition coefficient (Wildman–Crippen LogP) is 2.27. The van der Waals surface area contributed by atoms with Gasteiger partial charge in [-0.2, -0.15) is 0 Å². The van der Waals surface area contributed by atoms with Crippen molar-refractivity contribution >= 4 is 18.0 Å². The van der Waals surface area contributed by atoms with Crippen molar-refractivity contribution < 1.29 is 0 Å². The maximum Gasteiger partial charge on any atom is 0.172 e. The molecule has 1 heterocycles. The molecule has 0 bridgehead atoms. The number of hydrogen-bond donors (Lipinski definition) is 0. The number of imidazole rings is 1. The van der Waals surface area contributed by atoms with Crippen LogP contribution in [0.2, 0.25) is 0 Å². The molecular weight excluding hydrogens is 156 g/mol. The molecule has 0 amide bonds. The van der Waals surface area contributed by atoms with E-state index in [2.05, 4.69) is 18.5 Å². The van der Waals surface area contributed by atoms with Crippen LogP contribution in [0.25, 0.3) is 6.20 Å². The van der Waals surface area contributed by atoms with Gasteiger partial charge < -0.3 is 4.57 Å². The highest BCUT2D eigenvalue weighted by molar-refractivity contribution is 7.98. The highest BCUT2D eigenvalue weighted by Gasteiger charge is 2.01. The van der Waals surface area contributed by atoms with Crippen LogP contribution in [0.4, 0.5) is 0 Å². The Morgan fingerprint density at radius 3 is 2.91 bits per heavy atom. The van der Waals surface area contributed by atoms with E-state index >= 15 is 0 Å². The molecule has 1 aromatic rings. The molecule has 60 valence electrons. The van der Waals surface area contributed by atoms with Crippen LogP contribution in [0.5, 0.6) is 0 Å². The first-order valence-corrected chi connectivity index (χ1v) is 4.78. The third-order valence-electron chi connectivity index (χ3n) is 1.49.